The number of hydrogen-bond donors (Lipinski definition) is 1. The average Bonchev–Trinajstić information content (AvgIpc) is 2.37. The molecule has 2 rings (SSSR count). The summed E-state index contributed by atoms with van der Waals surface area (Å²) >= 11 is 0. The lowest BCUT2D eigenvalue weighted by Gasteiger charge is -2.44. The molecule has 1 aromatic carbocycles. The second kappa shape index (κ2) is 5.89. The minimum absolute atomic E-state index is 0.241. The van der Waals surface area contributed by atoms with Gasteiger partial charge < -0.3 is 5.32 Å². The Morgan fingerprint density at radius 1 is 1.05 bits per heavy atom. The summed E-state index contributed by atoms with van der Waals surface area (Å²) in [5, 5.41) is 3.59. The molecule has 20 heavy (non-hydrogen) atoms. The fourth-order valence-electron chi connectivity index (χ4n) is 4.12. The van der Waals surface area contributed by atoms with Crippen LogP contribution in [0.3, 0.4) is 0 Å². The van der Waals surface area contributed by atoms with Crippen molar-refractivity contribution in [2.75, 3.05) is 7.05 Å². The number of nitrogens with one attached hydrogen (secondary N) is 1. The molecule has 112 valence electrons. The van der Waals surface area contributed by atoms with Gasteiger partial charge in [0.2, 0.25) is 0 Å². The number of hydrogen-bond acceptors (Lipinski definition) is 1. The summed E-state index contributed by atoms with van der Waals surface area (Å²) in [5.74, 6) is 1.59. The van der Waals surface area contributed by atoms with E-state index in [2.05, 4.69) is 65.2 Å². The number of rotatable bonds is 3. The summed E-state index contributed by atoms with van der Waals surface area (Å²) < 4.78 is 0. The highest BCUT2D eigenvalue weighted by atomic mass is 14.9. The Kier molecular flexibility index (Phi) is 4.59. The van der Waals surface area contributed by atoms with Gasteiger partial charge in [-0.2, -0.15) is 0 Å². The van der Waals surface area contributed by atoms with Crippen LogP contribution in [0, 0.1) is 25.7 Å². The molecule has 0 bridgehead atoms. The number of aryl methyl sites for hydroxylation is 2. The number of benzene rings is 1. The summed E-state index contributed by atoms with van der Waals surface area (Å²) in [7, 11) is 2.13. The minimum Gasteiger partial charge on any atom is -0.317 e. The van der Waals surface area contributed by atoms with Crippen LogP contribution in [0.15, 0.2) is 18.2 Å². The maximum absolute atomic E-state index is 3.59. The zero-order valence-electron chi connectivity index (χ0n) is 14.1. The van der Waals surface area contributed by atoms with Gasteiger partial charge in [0.05, 0.1) is 0 Å². The van der Waals surface area contributed by atoms with Crippen LogP contribution in [-0.2, 0) is 5.41 Å². The quantitative estimate of drug-likeness (QED) is 0.848. The molecule has 0 heterocycles. The monoisotopic (exact) mass is 273 g/mol. The van der Waals surface area contributed by atoms with E-state index in [-0.39, 0.29) is 5.41 Å². The van der Waals surface area contributed by atoms with E-state index in [1.165, 1.54) is 36.0 Å². The Bertz CT molecular complexity index is 441. The van der Waals surface area contributed by atoms with Gasteiger partial charge in [0.15, 0.2) is 0 Å². The highest BCUT2D eigenvalue weighted by Gasteiger charge is 2.39. The smallest absolute Gasteiger partial charge is 0.0103 e. The molecule has 1 heteroatoms. The Morgan fingerprint density at radius 2 is 1.65 bits per heavy atom. The standard InChI is InChI=1S/C19H31N/c1-13-7-8-17(18(12-13)20-6)19(4,5)16-10-14(2)9-15(3)11-16/h9-11,13,17-18,20H,7-8,12H2,1-6H3. The van der Waals surface area contributed by atoms with Gasteiger partial charge in [0.1, 0.15) is 0 Å². The zero-order valence-corrected chi connectivity index (χ0v) is 14.1. The molecule has 1 nitrogen and oxygen atoms in total. The van der Waals surface area contributed by atoms with Gasteiger partial charge in [-0.15, -0.1) is 0 Å². The lowest BCUT2D eigenvalue weighted by Crippen LogP contribution is -2.47. The minimum atomic E-state index is 0.241. The van der Waals surface area contributed by atoms with Crippen molar-refractivity contribution in [3.05, 3.63) is 34.9 Å². The summed E-state index contributed by atoms with van der Waals surface area (Å²) in [6.07, 6.45) is 4.03. The maximum atomic E-state index is 3.59. The van der Waals surface area contributed by atoms with Crippen molar-refractivity contribution in [1.29, 1.82) is 0 Å². The molecular weight excluding hydrogens is 242 g/mol. The van der Waals surface area contributed by atoms with Gasteiger partial charge >= 0.3 is 0 Å². The van der Waals surface area contributed by atoms with Crippen molar-refractivity contribution in [2.45, 2.75) is 65.3 Å². The van der Waals surface area contributed by atoms with Crippen LogP contribution in [-0.4, -0.2) is 13.1 Å². The SMILES string of the molecule is CNC1CC(C)CCC1C(C)(C)c1cc(C)cc(C)c1. The summed E-state index contributed by atoms with van der Waals surface area (Å²) in [6, 6.07) is 7.70. The van der Waals surface area contributed by atoms with Crippen molar-refractivity contribution in [3.8, 4) is 0 Å². The zero-order chi connectivity index (χ0) is 14.9. The fourth-order valence-corrected chi connectivity index (χ4v) is 4.12. The summed E-state index contributed by atoms with van der Waals surface area (Å²) in [6.45, 7) is 11.7. The van der Waals surface area contributed by atoms with Gasteiger partial charge in [-0.05, 0) is 56.6 Å². The lowest BCUT2D eigenvalue weighted by molar-refractivity contribution is 0.151. The summed E-state index contributed by atoms with van der Waals surface area (Å²) in [5.41, 5.74) is 4.52. The Labute approximate surface area is 125 Å². The molecule has 0 aliphatic heterocycles. The molecule has 0 amide bonds. The first-order valence-corrected chi connectivity index (χ1v) is 8.10. The molecule has 3 unspecified atom stereocenters. The van der Waals surface area contributed by atoms with E-state index < -0.39 is 0 Å². The topological polar surface area (TPSA) is 12.0 Å². The molecule has 0 radical (unpaired) electrons. The Hall–Kier alpha value is -0.820. The second-order valence-electron chi connectivity index (χ2n) is 7.52. The van der Waals surface area contributed by atoms with Gasteiger partial charge in [-0.3, -0.25) is 0 Å². The highest BCUT2D eigenvalue weighted by molar-refractivity contribution is 5.34. The predicted octanol–water partition coefficient (Wildman–Crippen LogP) is 4.61. The lowest BCUT2D eigenvalue weighted by atomic mass is 9.63. The molecule has 0 aromatic heterocycles. The van der Waals surface area contributed by atoms with Crippen molar-refractivity contribution in [2.24, 2.45) is 11.8 Å². The molecule has 1 N–H and O–H groups in total. The van der Waals surface area contributed by atoms with Gasteiger partial charge in [0.25, 0.3) is 0 Å². The van der Waals surface area contributed by atoms with Gasteiger partial charge in [-0.1, -0.05) is 56.5 Å². The molecule has 1 aliphatic carbocycles. The average molecular weight is 273 g/mol. The molecular formula is C19H31N. The van der Waals surface area contributed by atoms with E-state index in [0.29, 0.717) is 6.04 Å². The van der Waals surface area contributed by atoms with E-state index in [9.17, 15) is 0 Å². The van der Waals surface area contributed by atoms with Crippen LogP contribution in [0.4, 0.5) is 0 Å². The largest absolute Gasteiger partial charge is 0.317 e. The van der Waals surface area contributed by atoms with Crippen molar-refractivity contribution in [1.82, 2.24) is 5.32 Å². The first-order valence-electron chi connectivity index (χ1n) is 8.10. The van der Waals surface area contributed by atoms with Crippen molar-refractivity contribution >= 4 is 0 Å². The molecule has 1 aliphatic rings. The molecule has 0 saturated heterocycles. The second-order valence-corrected chi connectivity index (χ2v) is 7.52. The third-order valence-electron chi connectivity index (χ3n) is 5.38. The molecule has 3 atom stereocenters. The van der Waals surface area contributed by atoms with Crippen molar-refractivity contribution in [3.63, 3.8) is 0 Å². The van der Waals surface area contributed by atoms with Crippen LogP contribution < -0.4 is 5.32 Å². The Morgan fingerprint density at radius 3 is 2.20 bits per heavy atom. The van der Waals surface area contributed by atoms with Crippen molar-refractivity contribution < 1.29 is 0 Å². The van der Waals surface area contributed by atoms with E-state index in [4.69, 9.17) is 0 Å². The third kappa shape index (κ3) is 3.09. The van der Waals surface area contributed by atoms with E-state index in [0.717, 1.165) is 11.8 Å². The maximum Gasteiger partial charge on any atom is 0.0103 e. The first-order chi connectivity index (χ1) is 9.34. The van der Waals surface area contributed by atoms with E-state index in [1.807, 2.05) is 0 Å². The van der Waals surface area contributed by atoms with Gasteiger partial charge in [0, 0.05) is 6.04 Å². The van der Waals surface area contributed by atoms with Gasteiger partial charge in [-0.25, -0.2) is 0 Å². The normalized spacial score (nSPS) is 27.6. The van der Waals surface area contributed by atoms with E-state index in [1.54, 1.807) is 0 Å². The Balaban J connectivity index is 2.32. The third-order valence-corrected chi connectivity index (χ3v) is 5.38. The highest BCUT2D eigenvalue weighted by Crippen LogP contribution is 2.42. The van der Waals surface area contributed by atoms with Crippen LogP contribution in [0.5, 0.6) is 0 Å². The van der Waals surface area contributed by atoms with Crippen LogP contribution in [0.2, 0.25) is 0 Å². The van der Waals surface area contributed by atoms with Crippen LogP contribution >= 0.6 is 0 Å². The molecule has 1 fully saturated rings. The van der Waals surface area contributed by atoms with E-state index >= 15 is 0 Å². The van der Waals surface area contributed by atoms with Crippen LogP contribution in [0.1, 0.15) is 56.7 Å². The fraction of sp³-hybridized carbons (Fsp3) is 0.684. The summed E-state index contributed by atoms with van der Waals surface area (Å²) in [4.78, 5) is 0. The van der Waals surface area contributed by atoms with Crippen LogP contribution in [0.25, 0.3) is 0 Å². The molecule has 1 saturated carbocycles. The predicted molar refractivity (Wildman–Crippen MR) is 88.3 cm³/mol. The molecule has 1 aromatic rings. The first kappa shape index (κ1) is 15.6. The molecule has 0 spiro atoms.